The maximum absolute atomic E-state index is 10.9. The molecule has 70 valence electrons. The van der Waals surface area contributed by atoms with Crippen molar-refractivity contribution in [1.29, 1.82) is 0 Å². The lowest BCUT2D eigenvalue weighted by molar-refractivity contribution is -0.141. The van der Waals surface area contributed by atoms with Crippen molar-refractivity contribution < 1.29 is 14.7 Å². The van der Waals surface area contributed by atoms with Crippen LogP contribution in [0.5, 0.6) is 0 Å². The third-order valence-corrected chi connectivity index (χ3v) is 1.49. The highest BCUT2D eigenvalue weighted by Crippen LogP contribution is 1.89. The molecular weight excluding hydrogens is 184 g/mol. The molecule has 0 aromatic heterocycles. The summed E-state index contributed by atoms with van der Waals surface area (Å²) in [6.45, 7) is 1.46. The zero-order chi connectivity index (χ0) is 9.72. The second-order valence-electron chi connectivity index (χ2n) is 2.34. The number of hydrogen-bond donors (Lipinski definition) is 3. The average Bonchev–Trinajstić information content (AvgIpc) is 1.98. The highest BCUT2D eigenvalue weighted by atomic mass is 35.5. The molecule has 0 saturated heterocycles. The summed E-state index contributed by atoms with van der Waals surface area (Å²) in [7, 11) is 0. The summed E-state index contributed by atoms with van der Waals surface area (Å²) in [5, 5.41) is 10.6. The normalized spacial score (nSPS) is 14.9. The molecule has 0 aliphatic carbocycles. The van der Waals surface area contributed by atoms with Gasteiger partial charge in [0.15, 0.2) is 0 Å². The summed E-state index contributed by atoms with van der Waals surface area (Å²) in [6.07, 6.45) is 0. The van der Waals surface area contributed by atoms with Gasteiger partial charge in [-0.25, -0.2) is 4.79 Å². The van der Waals surface area contributed by atoms with Crippen molar-refractivity contribution in [2.45, 2.75) is 19.0 Å². The van der Waals surface area contributed by atoms with Crippen LogP contribution < -0.4 is 11.1 Å². The van der Waals surface area contributed by atoms with Crippen LogP contribution in [0, 0.1) is 0 Å². The molecule has 0 aromatic rings. The molecular formula is C6H11ClN2O3. The predicted molar refractivity (Wildman–Crippen MR) is 43.9 cm³/mol. The Morgan fingerprint density at radius 2 is 2.17 bits per heavy atom. The quantitative estimate of drug-likeness (QED) is 0.508. The Hall–Kier alpha value is -0.810. The van der Waals surface area contributed by atoms with Crippen molar-refractivity contribution >= 4 is 23.5 Å². The van der Waals surface area contributed by atoms with Crippen molar-refractivity contribution in [3.63, 3.8) is 0 Å². The van der Waals surface area contributed by atoms with Crippen LogP contribution in [0.15, 0.2) is 0 Å². The zero-order valence-electron chi connectivity index (χ0n) is 6.58. The van der Waals surface area contributed by atoms with Gasteiger partial charge in [0, 0.05) is 0 Å². The van der Waals surface area contributed by atoms with Gasteiger partial charge in [0.2, 0.25) is 5.91 Å². The van der Waals surface area contributed by atoms with Crippen LogP contribution in [0.3, 0.4) is 0 Å². The zero-order valence-corrected chi connectivity index (χ0v) is 7.34. The Morgan fingerprint density at radius 1 is 1.67 bits per heavy atom. The molecule has 0 fully saturated rings. The molecule has 0 unspecified atom stereocenters. The minimum Gasteiger partial charge on any atom is -0.480 e. The summed E-state index contributed by atoms with van der Waals surface area (Å²) in [5.74, 6) is -1.87. The molecule has 6 heteroatoms. The number of amides is 1. The molecule has 0 bridgehead atoms. The van der Waals surface area contributed by atoms with Gasteiger partial charge in [0.05, 0.1) is 11.9 Å². The number of nitrogens with two attached hydrogens (primary N) is 1. The fraction of sp³-hybridized carbons (Fsp3) is 0.667. The van der Waals surface area contributed by atoms with E-state index in [1.807, 2.05) is 0 Å². The van der Waals surface area contributed by atoms with Crippen LogP contribution in [0.2, 0.25) is 0 Å². The van der Waals surface area contributed by atoms with Gasteiger partial charge >= 0.3 is 5.97 Å². The van der Waals surface area contributed by atoms with Gasteiger partial charge in [-0.2, -0.15) is 0 Å². The molecule has 0 spiro atoms. The second kappa shape index (κ2) is 4.95. The van der Waals surface area contributed by atoms with Crippen molar-refractivity contribution in [2.75, 3.05) is 5.88 Å². The van der Waals surface area contributed by atoms with Crippen molar-refractivity contribution in [2.24, 2.45) is 5.73 Å². The second-order valence-corrected chi connectivity index (χ2v) is 2.65. The number of carboxylic acids is 1. The van der Waals surface area contributed by atoms with E-state index in [2.05, 4.69) is 5.32 Å². The molecule has 4 N–H and O–H groups in total. The lowest BCUT2D eigenvalue weighted by Gasteiger charge is -2.12. The molecule has 0 radical (unpaired) electrons. The SMILES string of the molecule is C[C@H](N)C(=O)N[C@H](CCl)C(=O)O. The topological polar surface area (TPSA) is 92.4 Å². The Balaban J connectivity index is 4.03. The van der Waals surface area contributed by atoms with Gasteiger partial charge in [0.1, 0.15) is 6.04 Å². The smallest absolute Gasteiger partial charge is 0.327 e. The van der Waals surface area contributed by atoms with Gasteiger partial charge in [-0.1, -0.05) is 0 Å². The first-order valence-electron chi connectivity index (χ1n) is 3.33. The van der Waals surface area contributed by atoms with Crippen LogP contribution in [-0.4, -0.2) is 34.9 Å². The van der Waals surface area contributed by atoms with Crippen molar-refractivity contribution in [1.82, 2.24) is 5.32 Å². The molecule has 5 nitrogen and oxygen atoms in total. The Bertz CT molecular complexity index is 184. The monoisotopic (exact) mass is 194 g/mol. The van der Waals surface area contributed by atoms with Crippen LogP contribution in [-0.2, 0) is 9.59 Å². The van der Waals surface area contributed by atoms with E-state index in [4.69, 9.17) is 22.4 Å². The maximum atomic E-state index is 10.9. The molecule has 0 aliphatic rings. The van der Waals surface area contributed by atoms with E-state index in [1.165, 1.54) is 6.92 Å². The summed E-state index contributed by atoms with van der Waals surface area (Å²) < 4.78 is 0. The minimum atomic E-state index is -1.17. The highest BCUT2D eigenvalue weighted by Gasteiger charge is 2.19. The molecule has 12 heavy (non-hydrogen) atoms. The summed E-state index contributed by atoms with van der Waals surface area (Å²) in [5.41, 5.74) is 5.19. The van der Waals surface area contributed by atoms with E-state index in [1.54, 1.807) is 0 Å². The molecule has 0 saturated carbocycles. The number of carbonyl (C=O) groups is 2. The number of carbonyl (C=O) groups excluding carboxylic acids is 1. The molecule has 0 heterocycles. The lowest BCUT2D eigenvalue weighted by Crippen LogP contribution is -2.48. The molecule has 0 rings (SSSR count). The van der Waals surface area contributed by atoms with Gasteiger partial charge < -0.3 is 16.2 Å². The fourth-order valence-corrected chi connectivity index (χ4v) is 0.679. The van der Waals surface area contributed by atoms with Crippen molar-refractivity contribution in [3.8, 4) is 0 Å². The van der Waals surface area contributed by atoms with Crippen molar-refractivity contribution in [3.05, 3.63) is 0 Å². The summed E-state index contributed by atoms with van der Waals surface area (Å²) in [6, 6.07) is -1.79. The van der Waals surface area contributed by atoms with Crippen LogP contribution in [0.25, 0.3) is 0 Å². The van der Waals surface area contributed by atoms with Gasteiger partial charge in [-0.05, 0) is 6.92 Å². The highest BCUT2D eigenvalue weighted by molar-refractivity contribution is 6.19. The van der Waals surface area contributed by atoms with E-state index in [0.29, 0.717) is 0 Å². The molecule has 2 atom stereocenters. The Morgan fingerprint density at radius 3 is 2.42 bits per heavy atom. The molecule has 1 amide bonds. The first kappa shape index (κ1) is 11.2. The molecule has 0 aromatic carbocycles. The number of halogens is 1. The number of carboxylic acid groups (broad SMARTS) is 1. The largest absolute Gasteiger partial charge is 0.480 e. The number of hydrogen-bond acceptors (Lipinski definition) is 3. The van der Waals surface area contributed by atoms with E-state index in [-0.39, 0.29) is 5.88 Å². The predicted octanol–water partition coefficient (Wildman–Crippen LogP) is -0.858. The number of nitrogens with one attached hydrogen (secondary N) is 1. The number of aliphatic carboxylic acids is 1. The number of alkyl halides is 1. The van der Waals surface area contributed by atoms with E-state index >= 15 is 0 Å². The van der Waals surface area contributed by atoms with Crippen LogP contribution >= 0.6 is 11.6 Å². The number of rotatable bonds is 4. The standard InChI is InChI=1S/C6H11ClN2O3/c1-3(8)5(10)9-4(2-7)6(11)12/h3-4H,2,8H2,1H3,(H,9,10)(H,11,12)/t3-,4+/m0/s1. The third-order valence-electron chi connectivity index (χ3n) is 1.18. The van der Waals surface area contributed by atoms with E-state index < -0.39 is 24.0 Å². The van der Waals surface area contributed by atoms with Gasteiger partial charge in [-0.15, -0.1) is 11.6 Å². The first-order chi connectivity index (χ1) is 5.49. The summed E-state index contributed by atoms with van der Waals surface area (Å²) >= 11 is 5.27. The fourth-order valence-electron chi connectivity index (χ4n) is 0.469. The third kappa shape index (κ3) is 3.54. The Labute approximate surface area is 74.9 Å². The van der Waals surface area contributed by atoms with Gasteiger partial charge in [0.25, 0.3) is 0 Å². The van der Waals surface area contributed by atoms with E-state index in [9.17, 15) is 9.59 Å². The lowest BCUT2D eigenvalue weighted by atomic mass is 10.3. The van der Waals surface area contributed by atoms with Gasteiger partial charge in [-0.3, -0.25) is 4.79 Å². The first-order valence-corrected chi connectivity index (χ1v) is 3.87. The average molecular weight is 195 g/mol. The van der Waals surface area contributed by atoms with Crippen LogP contribution in [0.1, 0.15) is 6.92 Å². The minimum absolute atomic E-state index is 0.173. The molecule has 0 aliphatic heterocycles. The van der Waals surface area contributed by atoms with E-state index in [0.717, 1.165) is 0 Å². The maximum Gasteiger partial charge on any atom is 0.327 e. The van der Waals surface area contributed by atoms with Crippen LogP contribution in [0.4, 0.5) is 0 Å². The Kier molecular flexibility index (Phi) is 4.61. The summed E-state index contributed by atoms with van der Waals surface area (Å²) in [4.78, 5) is 21.2.